The molecule has 2 amide bonds. The molecule has 0 aliphatic heterocycles. The zero-order valence-electron chi connectivity index (χ0n) is 20.9. The summed E-state index contributed by atoms with van der Waals surface area (Å²) in [5.41, 5.74) is 2.17. The van der Waals surface area contributed by atoms with Gasteiger partial charge in [0.15, 0.2) is 0 Å². The summed E-state index contributed by atoms with van der Waals surface area (Å²) in [6.07, 6.45) is 0.936. The van der Waals surface area contributed by atoms with Crippen molar-refractivity contribution in [3.63, 3.8) is 0 Å². The first-order valence-corrected chi connectivity index (χ1v) is 13.4. The van der Waals surface area contributed by atoms with Crippen LogP contribution in [0.25, 0.3) is 0 Å². The highest BCUT2D eigenvalue weighted by Crippen LogP contribution is 2.27. The Hall–Kier alpha value is -3.65. The third-order valence-electron chi connectivity index (χ3n) is 6.11. The first-order chi connectivity index (χ1) is 17.3. The molecule has 3 rings (SSSR count). The van der Waals surface area contributed by atoms with Crippen LogP contribution in [0.5, 0.6) is 0 Å². The number of likely N-dealkylation sites (N-methyl/N-ethyl adjacent to an activating group) is 1. The number of carbonyl (C=O) groups is 2. The Morgan fingerprint density at radius 1 is 0.889 bits per heavy atom. The number of rotatable bonds is 11. The predicted octanol–water partition coefficient (Wildman–Crippen LogP) is 3.79. The molecule has 1 atom stereocenters. The molecule has 0 aliphatic carbocycles. The number of sulfonamides is 1. The first-order valence-electron chi connectivity index (χ1n) is 12.0. The van der Waals surface area contributed by atoms with Gasteiger partial charge in [-0.05, 0) is 49.1 Å². The fraction of sp³-hybridized carbons (Fsp3) is 0.286. The van der Waals surface area contributed by atoms with Gasteiger partial charge in [0.05, 0.1) is 10.6 Å². The zero-order valence-corrected chi connectivity index (χ0v) is 21.7. The Bertz CT molecular complexity index is 1260. The van der Waals surface area contributed by atoms with Gasteiger partial charge in [-0.1, -0.05) is 73.7 Å². The average Bonchev–Trinajstić information content (AvgIpc) is 2.90. The minimum Gasteiger partial charge on any atom is -0.357 e. The van der Waals surface area contributed by atoms with Crippen LogP contribution in [0, 0.1) is 6.92 Å². The summed E-state index contributed by atoms with van der Waals surface area (Å²) in [6, 6.07) is 24.1. The third kappa shape index (κ3) is 6.31. The molecule has 0 saturated heterocycles. The van der Waals surface area contributed by atoms with Crippen molar-refractivity contribution in [1.29, 1.82) is 0 Å². The molecule has 0 saturated carbocycles. The first kappa shape index (κ1) is 26.9. The fourth-order valence-corrected chi connectivity index (χ4v) is 5.64. The summed E-state index contributed by atoms with van der Waals surface area (Å²) in [6.45, 7) is 3.49. The van der Waals surface area contributed by atoms with Gasteiger partial charge in [-0.3, -0.25) is 13.9 Å². The highest BCUT2D eigenvalue weighted by atomic mass is 32.2. The lowest BCUT2D eigenvalue weighted by molar-refractivity contribution is -0.139. The van der Waals surface area contributed by atoms with Crippen LogP contribution < -0.4 is 9.62 Å². The molecule has 1 N–H and O–H groups in total. The number of hydrogen-bond donors (Lipinski definition) is 1. The monoisotopic (exact) mass is 507 g/mol. The van der Waals surface area contributed by atoms with Crippen molar-refractivity contribution in [2.45, 2.75) is 37.6 Å². The van der Waals surface area contributed by atoms with Gasteiger partial charge in [-0.25, -0.2) is 8.42 Å². The highest BCUT2D eigenvalue weighted by molar-refractivity contribution is 7.92. The number of amides is 2. The standard InChI is InChI=1S/C28H33N3O4S/c1-4-25(28(33)29-3)30(20-19-23-14-7-5-8-15-23)27(32)21-31(26-18-12-11-13-22(26)2)36(34,35)24-16-9-6-10-17-24/h5-18,25H,4,19-21H2,1-3H3,(H,29,33)/t25-/m0/s1. The number of para-hydroxylation sites is 1. The Morgan fingerprint density at radius 2 is 1.47 bits per heavy atom. The molecule has 0 spiro atoms. The molecule has 7 nitrogen and oxygen atoms in total. The molecule has 3 aromatic rings. The molecule has 0 aromatic heterocycles. The number of hydrogen-bond acceptors (Lipinski definition) is 4. The van der Waals surface area contributed by atoms with Crippen molar-refractivity contribution in [3.8, 4) is 0 Å². The average molecular weight is 508 g/mol. The van der Waals surface area contributed by atoms with Crippen LogP contribution in [0.3, 0.4) is 0 Å². The molecular weight excluding hydrogens is 474 g/mol. The summed E-state index contributed by atoms with van der Waals surface area (Å²) in [7, 11) is -2.51. The normalized spacial score (nSPS) is 12.0. The van der Waals surface area contributed by atoms with Crippen molar-refractivity contribution in [2.24, 2.45) is 0 Å². The number of benzene rings is 3. The maximum absolute atomic E-state index is 13.8. The van der Waals surface area contributed by atoms with Gasteiger partial charge in [-0.15, -0.1) is 0 Å². The topological polar surface area (TPSA) is 86.8 Å². The molecule has 190 valence electrons. The summed E-state index contributed by atoms with van der Waals surface area (Å²) in [5.74, 6) is -0.726. The minimum absolute atomic E-state index is 0.0928. The SMILES string of the molecule is CC[C@@H](C(=O)NC)N(CCc1ccccc1)C(=O)CN(c1ccccc1C)S(=O)(=O)c1ccccc1. The van der Waals surface area contributed by atoms with E-state index in [0.29, 0.717) is 18.5 Å². The van der Waals surface area contributed by atoms with Crippen LogP contribution in [-0.2, 0) is 26.0 Å². The molecule has 0 bridgehead atoms. The second-order valence-corrected chi connectivity index (χ2v) is 10.3. The predicted molar refractivity (Wildman–Crippen MR) is 142 cm³/mol. The van der Waals surface area contributed by atoms with E-state index in [1.807, 2.05) is 43.3 Å². The summed E-state index contributed by atoms with van der Waals surface area (Å²) < 4.78 is 28.6. The summed E-state index contributed by atoms with van der Waals surface area (Å²) in [5, 5.41) is 2.64. The minimum atomic E-state index is -4.05. The molecule has 8 heteroatoms. The molecule has 0 fully saturated rings. The van der Waals surface area contributed by atoms with Crippen LogP contribution in [0.15, 0.2) is 89.8 Å². The molecule has 0 radical (unpaired) electrons. The summed E-state index contributed by atoms with van der Waals surface area (Å²) >= 11 is 0. The second-order valence-electron chi connectivity index (χ2n) is 8.47. The number of anilines is 1. The molecule has 3 aromatic carbocycles. The van der Waals surface area contributed by atoms with Gasteiger partial charge in [0.2, 0.25) is 11.8 Å². The van der Waals surface area contributed by atoms with Gasteiger partial charge < -0.3 is 10.2 Å². The number of carbonyl (C=O) groups excluding carboxylic acids is 2. The molecule has 36 heavy (non-hydrogen) atoms. The Morgan fingerprint density at radius 3 is 2.06 bits per heavy atom. The lowest BCUT2D eigenvalue weighted by Crippen LogP contribution is -2.52. The van der Waals surface area contributed by atoms with E-state index < -0.39 is 28.5 Å². The van der Waals surface area contributed by atoms with E-state index in [4.69, 9.17) is 0 Å². The van der Waals surface area contributed by atoms with Gasteiger partial charge in [0.1, 0.15) is 12.6 Å². The highest BCUT2D eigenvalue weighted by Gasteiger charge is 2.33. The molecular formula is C28H33N3O4S. The number of aryl methyl sites for hydroxylation is 1. The van der Waals surface area contributed by atoms with Crippen molar-refractivity contribution < 1.29 is 18.0 Å². The van der Waals surface area contributed by atoms with E-state index in [9.17, 15) is 18.0 Å². The second kappa shape index (κ2) is 12.4. The van der Waals surface area contributed by atoms with Crippen LogP contribution in [-0.4, -0.2) is 51.3 Å². The van der Waals surface area contributed by atoms with Crippen molar-refractivity contribution in [1.82, 2.24) is 10.2 Å². The van der Waals surface area contributed by atoms with Crippen LogP contribution in [0.2, 0.25) is 0 Å². The van der Waals surface area contributed by atoms with E-state index >= 15 is 0 Å². The maximum Gasteiger partial charge on any atom is 0.264 e. The van der Waals surface area contributed by atoms with Crippen molar-refractivity contribution in [2.75, 3.05) is 24.4 Å². The van der Waals surface area contributed by atoms with E-state index in [-0.39, 0.29) is 17.3 Å². The summed E-state index contributed by atoms with van der Waals surface area (Å²) in [4.78, 5) is 28.1. The van der Waals surface area contributed by atoms with E-state index in [0.717, 1.165) is 15.4 Å². The third-order valence-corrected chi connectivity index (χ3v) is 7.88. The van der Waals surface area contributed by atoms with Crippen molar-refractivity contribution in [3.05, 3.63) is 96.1 Å². The van der Waals surface area contributed by atoms with E-state index in [1.165, 1.54) is 24.1 Å². The van der Waals surface area contributed by atoms with Crippen LogP contribution in [0.1, 0.15) is 24.5 Å². The van der Waals surface area contributed by atoms with Crippen LogP contribution >= 0.6 is 0 Å². The largest absolute Gasteiger partial charge is 0.357 e. The zero-order chi connectivity index (χ0) is 26.1. The maximum atomic E-state index is 13.8. The Kier molecular flexibility index (Phi) is 9.25. The molecule has 0 aliphatic rings. The fourth-order valence-electron chi connectivity index (χ4n) is 4.14. The Labute approximate surface area is 213 Å². The number of nitrogens with zero attached hydrogens (tertiary/aromatic N) is 2. The van der Waals surface area contributed by atoms with Gasteiger partial charge in [-0.2, -0.15) is 0 Å². The molecule has 0 unspecified atom stereocenters. The molecule has 0 heterocycles. The van der Waals surface area contributed by atoms with E-state index in [1.54, 1.807) is 43.3 Å². The Balaban J connectivity index is 2.00. The smallest absolute Gasteiger partial charge is 0.264 e. The van der Waals surface area contributed by atoms with Gasteiger partial charge in [0.25, 0.3) is 10.0 Å². The lowest BCUT2D eigenvalue weighted by Gasteiger charge is -2.33. The lowest BCUT2D eigenvalue weighted by atomic mass is 10.1. The quantitative estimate of drug-likeness (QED) is 0.428. The van der Waals surface area contributed by atoms with E-state index in [2.05, 4.69) is 5.32 Å². The van der Waals surface area contributed by atoms with Crippen LogP contribution in [0.4, 0.5) is 5.69 Å². The van der Waals surface area contributed by atoms with Gasteiger partial charge >= 0.3 is 0 Å². The van der Waals surface area contributed by atoms with Gasteiger partial charge in [0, 0.05) is 13.6 Å². The number of nitrogens with one attached hydrogen (secondary N) is 1. The van der Waals surface area contributed by atoms with Crippen molar-refractivity contribution >= 4 is 27.5 Å².